The highest BCUT2D eigenvalue weighted by Gasteiger charge is 2.21. The Balaban J connectivity index is 0.00000176. The van der Waals surface area contributed by atoms with Gasteiger partial charge in [-0.2, -0.15) is 0 Å². The molecule has 0 radical (unpaired) electrons. The minimum absolute atomic E-state index is 0. The second-order valence-electron chi connectivity index (χ2n) is 5.42. The Hall–Kier alpha value is -1.37. The maximum absolute atomic E-state index is 4.66. The summed E-state index contributed by atoms with van der Waals surface area (Å²) in [5.74, 6) is 0.938. The van der Waals surface area contributed by atoms with Gasteiger partial charge in [-0.15, -0.1) is 24.0 Å². The molecule has 0 unspecified atom stereocenters. The first-order valence-corrected chi connectivity index (χ1v) is 7.74. The summed E-state index contributed by atoms with van der Waals surface area (Å²) in [4.78, 5) is 9.16. The number of aromatic nitrogens is 1. The molecule has 0 bridgehead atoms. The van der Waals surface area contributed by atoms with E-state index in [1.165, 1.54) is 23.8 Å². The predicted octanol–water partition coefficient (Wildman–Crippen LogP) is 3.11. The van der Waals surface area contributed by atoms with E-state index in [1.54, 1.807) is 0 Å². The van der Waals surface area contributed by atoms with Crippen LogP contribution in [0.2, 0.25) is 0 Å². The van der Waals surface area contributed by atoms with E-state index in [0.717, 1.165) is 31.0 Å². The minimum atomic E-state index is 0. The Bertz CT molecular complexity index is 632. The molecule has 0 spiro atoms. The third-order valence-corrected chi connectivity index (χ3v) is 3.63. The lowest BCUT2D eigenvalue weighted by Gasteiger charge is -2.10. The number of hydrogen-bond acceptors (Lipinski definition) is 2. The fourth-order valence-electron chi connectivity index (χ4n) is 2.40. The zero-order valence-corrected chi connectivity index (χ0v) is 15.2. The van der Waals surface area contributed by atoms with E-state index in [-0.39, 0.29) is 24.0 Å². The molecule has 2 N–H and O–H groups in total. The van der Waals surface area contributed by atoms with Gasteiger partial charge in [0, 0.05) is 30.7 Å². The number of para-hydroxylation sites is 1. The van der Waals surface area contributed by atoms with E-state index < -0.39 is 0 Å². The standard InChI is InChI=1S/C17H22N4.HI/c1-2-18-17(21-15-8-9-15)20-12-10-14-6-3-5-13-7-4-11-19-16(13)14;/h3-7,11,15H,2,8-10,12H2,1H3,(H2,18,20,21);1H. The van der Waals surface area contributed by atoms with Crippen LogP contribution in [0.25, 0.3) is 10.9 Å². The van der Waals surface area contributed by atoms with Gasteiger partial charge in [0.15, 0.2) is 5.96 Å². The van der Waals surface area contributed by atoms with Crippen molar-refractivity contribution in [2.45, 2.75) is 32.2 Å². The van der Waals surface area contributed by atoms with E-state index in [1.807, 2.05) is 12.3 Å². The number of pyridine rings is 1. The summed E-state index contributed by atoms with van der Waals surface area (Å²) in [6, 6.07) is 11.1. The molecule has 0 aliphatic heterocycles. The van der Waals surface area contributed by atoms with Crippen molar-refractivity contribution in [3.63, 3.8) is 0 Å². The normalized spacial score (nSPS) is 14.5. The van der Waals surface area contributed by atoms with Gasteiger partial charge in [-0.05, 0) is 37.8 Å². The quantitative estimate of drug-likeness (QED) is 0.453. The number of aliphatic imine (C=N–C) groups is 1. The summed E-state index contributed by atoms with van der Waals surface area (Å²) in [7, 11) is 0. The van der Waals surface area contributed by atoms with Gasteiger partial charge in [0.25, 0.3) is 0 Å². The summed E-state index contributed by atoms with van der Waals surface area (Å²) in [6.07, 6.45) is 5.29. The Kier molecular flexibility index (Phi) is 6.42. The lowest BCUT2D eigenvalue weighted by atomic mass is 10.1. The van der Waals surface area contributed by atoms with Crippen LogP contribution < -0.4 is 10.6 Å². The molecule has 1 aromatic heterocycles. The number of nitrogens with zero attached hydrogens (tertiary/aromatic N) is 2. The van der Waals surface area contributed by atoms with E-state index in [9.17, 15) is 0 Å². The summed E-state index contributed by atoms with van der Waals surface area (Å²) < 4.78 is 0. The molecule has 4 nitrogen and oxygen atoms in total. The Morgan fingerprint density at radius 2 is 2.09 bits per heavy atom. The van der Waals surface area contributed by atoms with Crippen LogP contribution in [-0.2, 0) is 6.42 Å². The third kappa shape index (κ3) is 4.56. The van der Waals surface area contributed by atoms with Crippen LogP contribution in [0.1, 0.15) is 25.3 Å². The SMILES string of the molecule is CCNC(=NCCc1cccc2cccnc12)NC1CC1.I. The van der Waals surface area contributed by atoms with Crippen LogP contribution >= 0.6 is 24.0 Å². The number of guanidine groups is 1. The smallest absolute Gasteiger partial charge is 0.191 e. The van der Waals surface area contributed by atoms with E-state index in [2.05, 4.69) is 51.8 Å². The predicted molar refractivity (Wildman–Crippen MR) is 103 cm³/mol. The highest BCUT2D eigenvalue weighted by Crippen LogP contribution is 2.18. The Morgan fingerprint density at radius 1 is 1.27 bits per heavy atom. The molecule has 22 heavy (non-hydrogen) atoms. The van der Waals surface area contributed by atoms with Crippen molar-refractivity contribution in [1.29, 1.82) is 0 Å². The summed E-state index contributed by atoms with van der Waals surface area (Å²) in [5, 5.41) is 7.94. The van der Waals surface area contributed by atoms with Crippen molar-refractivity contribution in [3.8, 4) is 0 Å². The molecule has 0 saturated heterocycles. The maximum Gasteiger partial charge on any atom is 0.191 e. The molecular formula is C17H23IN4. The molecule has 1 fully saturated rings. The number of nitrogens with one attached hydrogen (secondary N) is 2. The second-order valence-corrected chi connectivity index (χ2v) is 5.42. The van der Waals surface area contributed by atoms with Crippen LogP contribution in [0.3, 0.4) is 0 Å². The van der Waals surface area contributed by atoms with Gasteiger partial charge in [-0.3, -0.25) is 9.98 Å². The van der Waals surface area contributed by atoms with Crippen molar-refractivity contribution < 1.29 is 0 Å². The zero-order valence-electron chi connectivity index (χ0n) is 12.9. The lowest BCUT2D eigenvalue weighted by molar-refractivity contribution is 0.808. The number of rotatable bonds is 5. The first-order valence-electron chi connectivity index (χ1n) is 7.74. The number of benzene rings is 1. The minimum Gasteiger partial charge on any atom is -0.357 e. The molecule has 0 amide bonds. The number of fused-ring (bicyclic) bond motifs is 1. The monoisotopic (exact) mass is 410 g/mol. The number of halogens is 1. The van der Waals surface area contributed by atoms with Crippen molar-refractivity contribution in [1.82, 2.24) is 15.6 Å². The molecule has 2 aromatic rings. The van der Waals surface area contributed by atoms with E-state index in [4.69, 9.17) is 0 Å². The Labute approximate surface area is 148 Å². The van der Waals surface area contributed by atoms with Crippen LogP contribution in [0.5, 0.6) is 0 Å². The molecule has 0 atom stereocenters. The first-order chi connectivity index (χ1) is 10.4. The molecule has 1 saturated carbocycles. The van der Waals surface area contributed by atoms with Crippen LogP contribution in [0.4, 0.5) is 0 Å². The van der Waals surface area contributed by atoms with Gasteiger partial charge in [0.1, 0.15) is 0 Å². The second kappa shape index (κ2) is 8.31. The van der Waals surface area contributed by atoms with Gasteiger partial charge >= 0.3 is 0 Å². The van der Waals surface area contributed by atoms with Crippen molar-refractivity contribution >= 4 is 40.8 Å². The first kappa shape index (κ1) is 17.0. The lowest BCUT2D eigenvalue weighted by Crippen LogP contribution is -2.38. The van der Waals surface area contributed by atoms with Crippen molar-refractivity contribution in [2.24, 2.45) is 4.99 Å². The number of hydrogen-bond donors (Lipinski definition) is 2. The molecule has 1 aromatic carbocycles. The summed E-state index contributed by atoms with van der Waals surface area (Å²) in [5.41, 5.74) is 2.36. The highest BCUT2D eigenvalue weighted by atomic mass is 127. The van der Waals surface area contributed by atoms with Gasteiger partial charge in [0.2, 0.25) is 0 Å². The summed E-state index contributed by atoms with van der Waals surface area (Å²) >= 11 is 0. The van der Waals surface area contributed by atoms with E-state index >= 15 is 0 Å². The van der Waals surface area contributed by atoms with Gasteiger partial charge in [-0.25, -0.2) is 0 Å². The van der Waals surface area contributed by atoms with Crippen LogP contribution in [0, 0.1) is 0 Å². The van der Waals surface area contributed by atoms with Crippen molar-refractivity contribution in [2.75, 3.05) is 13.1 Å². The fourth-order valence-corrected chi connectivity index (χ4v) is 2.40. The molecule has 1 aliphatic rings. The van der Waals surface area contributed by atoms with E-state index in [0.29, 0.717) is 6.04 Å². The topological polar surface area (TPSA) is 49.3 Å². The zero-order chi connectivity index (χ0) is 14.5. The van der Waals surface area contributed by atoms with Crippen LogP contribution in [0.15, 0.2) is 41.5 Å². The van der Waals surface area contributed by atoms with Gasteiger partial charge in [0.05, 0.1) is 5.52 Å². The summed E-state index contributed by atoms with van der Waals surface area (Å²) in [6.45, 7) is 3.77. The van der Waals surface area contributed by atoms with Gasteiger partial charge in [-0.1, -0.05) is 24.3 Å². The molecular weight excluding hydrogens is 387 g/mol. The molecule has 3 rings (SSSR count). The average molecular weight is 410 g/mol. The molecule has 1 heterocycles. The average Bonchev–Trinajstić information content (AvgIpc) is 3.32. The largest absolute Gasteiger partial charge is 0.357 e. The highest BCUT2D eigenvalue weighted by molar-refractivity contribution is 14.0. The Morgan fingerprint density at radius 3 is 2.86 bits per heavy atom. The van der Waals surface area contributed by atoms with Crippen LogP contribution in [-0.4, -0.2) is 30.1 Å². The molecule has 1 aliphatic carbocycles. The molecule has 5 heteroatoms. The maximum atomic E-state index is 4.66. The third-order valence-electron chi connectivity index (χ3n) is 3.63. The fraction of sp³-hybridized carbons (Fsp3) is 0.412. The van der Waals surface area contributed by atoms with Crippen molar-refractivity contribution in [3.05, 3.63) is 42.1 Å². The van der Waals surface area contributed by atoms with Gasteiger partial charge < -0.3 is 10.6 Å². The molecule has 118 valence electrons.